The number of nitrogens with zero attached hydrogens (tertiary/aromatic N) is 4. The number of hydrogen-bond donors (Lipinski definition) is 4. The standard InChI is InChI=1S/C19H23ClN6O.CH2O2/c20-13-3-4-15-16(10-13)25-17(24-15)2-1-7-21-18-11-19(23-12-22-18)26-8-5-14(27)6-9-26;2-1-3/h3-4,10-12,14,27H,1-2,5-9H2,(H,24,25)(H,21,22,23);1H,(H,2,3). The van der Waals surface area contributed by atoms with E-state index in [1.165, 1.54) is 0 Å². The van der Waals surface area contributed by atoms with Gasteiger partial charge in [-0.3, -0.25) is 4.79 Å². The normalized spacial score (nSPS) is 14.3. The molecule has 0 radical (unpaired) electrons. The smallest absolute Gasteiger partial charge is 0.290 e. The monoisotopic (exact) mass is 432 g/mol. The fraction of sp³-hybridized carbons (Fsp3) is 0.400. The SMILES string of the molecule is O=CO.OC1CCN(c2cc(NCCCc3nc4ccc(Cl)cc4[nH]3)ncn2)CC1. The van der Waals surface area contributed by atoms with Crippen molar-refractivity contribution in [2.75, 3.05) is 29.9 Å². The predicted octanol–water partition coefficient (Wildman–Crippen LogP) is 2.71. The van der Waals surface area contributed by atoms with Crippen LogP contribution in [0.1, 0.15) is 25.1 Å². The number of fused-ring (bicyclic) bond motifs is 1. The van der Waals surface area contributed by atoms with E-state index in [2.05, 4.69) is 30.2 Å². The number of H-pyrrole nitrogens is 1. The number of aliphatic hydroxyl groups excluding tert-OH is 1. The number of aryl methyl sites for hydroxylation is 1. The maximum atomic E-state index is 9.64. The molecule has 0 spiro atoms. The average molecular weight is 433 g/mol. The van der Waals surface area contributed by atoms with Crippen LogP contribution in [0.25, 0.3) is 11.0 Å². The quantitative estimate of drug-likeness (QED) is 0.346. The second-order valence-electron chi connectivity index (χ2n) is 6.96. The highest BCUT2D eigenvalue weighted by molar-refractivity contribution is 6.31. The van der Waals surface area contributed by atoms with Gasteiger partial charge in [0.2, 0.25) is 0 Å². The highest BCUT2D eigenvalue weighted by Gasteiger charge is 2.18. The first kappa shape index (κ1) is 21.8. The van der Waals surface area contributed by atoms with Crippen molar-refractivity contribution in [3.05, 3.63) is 41.4 Å². The Kier molecular flexibility index (Phi) is 7.81. The molecule has 1 fully saturated rings. The number of hydrogen-bond acceptors (Lipinski definition) is 7. The van der Waals surface area contributed by atoms with E-state index in [9.17, 15) is 5.11 Å². The molecule has 0 unspecified atom stereocenters. The van der Waals surface area contributed by atoms with E-state index in [4.69, 9.17) is 21.5 Å². The van der Waals surface area contributed by atoms with Gasteiger partial charge in [-0.1, -0.05) is 11.6 Å². The van der Waals surface area contributed by atoms with Gasteiger partial charge in [-0.15, -0.1) is 0 Å². The van der Waals surface area contributed by atoms with Crippen LogP contribution in [0.2, 0.25) is 5.02 Å². The average Bonchev–Trinajstić information content (AvgIpc) is 3.14. The molecule has 0 atom stereocenters. The third kappa shape index (κ3) is 6.04. The molecule has 1 aliphatic rings. The summed E-state index contributed by atoms with van der Waals surface area (Å²) >= 11 is 6.01. The number of aromatic amines is 1. The molecule has 160 valence electrons. The third-order valence-corrected chi connectivity index (χ3v) is 5.07. The summed E-state index contributed by atoms with van der Waals surface area (Å²) in [6.07, 6.45) is 4.76. The maximum absolute atomic E-state index is 9.64. The molecule has 4 rings (SSSR count). The molecule has 0 saturated carbocycles. The Labute approximate surface area is 179 Å². The molecular weight excluding hydrogens is 408 g/mol. The lowest BCUT2D eigenvalue weighted by molar-refractivity contribution is -0.122. The fourth-order valence-electron chi connectivity index (χ4n) is 3.34. The zero-order valence-electron chi connectivity index (χ0n) is 16.5. The minimum absolute atomic E-state index is 0.185. The van der Waals surface area contributed by atoms with Gasteiger partial charge in [0.05, 0.1) is 17.1 Å². The Morgan fingerprint density at radius 3 is 2.80 bits per heavy atom. The van der Waals surface area contributed by atoms with E-state index < -0.39 is 0 Å². The van der Waals surface area contributed by atoms with Gasteiger partial charge >= 0.3 is 0 Å². The van der Waals surface area contributed by atoms with Crippen molar-refractivity contribution in [1.82, 2.24) is 19.9 Å². The van der Waals surface area contributed by atoms with Crippen molar-refractivity contribution < 1.29 is 15.0 Å². The Morgan fingerprint density at radius 1 is 1.27 bits per heavy atom. The lowest BCUT2D eigenvalue weighted by Gasteiger charge is -2.30. The van der Waals surface area contributed by atoms with Gasteiger partial charge in [0.1, 0.15) is 23.8 Å². The number of aromatic nitrogens is 4. The Hall–Kier alpha value is -2.91. The Balaban J connectivity index is 0.000000806. The van der Waals surface area contributed by atoms with E-state index in [0.29, 0.717) is 5.02 Å². The molecule has 1 saturated heterocycles. The number of piperidine rings is 1. The molecule has 9 nitrogen and oxygen atoms in total. The number of rotatable bonds is 6. The van der Waals surface area contributed by atoms with Crippen LogP contribution in [0.3, 0.4) is 0 Å². The van der Waals surface area contributed by atoms with Crippen LogP contribution in [0.4, 0.5) is 11.6 Å². The summed E-state index contributed by atoms with van der Waals surface area (Å²) in [5, 5.41) is 20.6. The largest absolute Gasteiger partial charge is 0.483 e. The van der Waals surface area contributed by atoms with Crippen molar-refractivity contribution in [3.8, 4) is 0 Å². The second-order valence-corrected chi connectivity index (χ2v) is 7.40. The zero-order chi connectivity index (χ0) is 21.3. The van der Waals surface area contributed by atoms with Gasteiger partial charge in [-0.2, -0.15) is 0 Å². The summed E-state index contributed by atoms with van der Waals surface area (Å²) in [4.78, 5) is 27.1. The highest BCUT2D eigenvalue weighted by atomic mass is 35.5. The second kappa shape index (κ2) is 10.7. The molecule has 0 amide bonds. The van der Waals surface area contributed by atoms with Crippen molar-refractivity contribution in [2.24, 2.45) is 0 Å². The van der Waals surface area contributed by atoms with Gasteiger partial charge in [0.15, 0.2) is 0 Å². The van der Waals surface area contributed by atoms with Crippen molar-refractivity contribution >= 4 is 40.7 Å². The van der Waals surface area contributed by atoms with Crippen molar-refractivity contribution in [3.63, 3.8) is 0 Å². The third-order valence-electron chi connectivity index (χ3n) is 4.83. The number of carbonyl (C=O) groups is 1. The fourth-order valence-corrected chi connectivity index (χ4v) is 3.51. The van der Waals surface area contributed by atoms with E-state index >= 15 is 0 Å². The number of halogens is 1. The van der Waals surface area contributed by atoms with E-state index in [-0.39, 0.29) is 12.6 Å². The summed E-state index contributed by atoms with van der Waals surface area (Å²) in [5.74, 6) is 2.69. The summed E-state index contributed by atoms with van der Waals surface area (Å²) in [6.45, 7) is 2.20. The first-order valence-electron chi connectivity index (χ1n) is 9.80. The van der Waals surface area contributed by atoms with Crippen molar-refractivity contribution in [1.29, 1.82) is 0 Å². The number of nitrogens with one attached hydrogen (secondary N) is 2. The minimum Gasteiger partial charge on any atom is -0.483 e. The predicted molar refractivity (Wildman–Crippen MR) is 116 cm³/mol. The summed E-state index contributed by atoms with van der Waals surface area (Å²) in [7, 11) is 0. The number of imidazole rings is 1. The molecule has 0 bridgehead atoms. The van der Waals surface area contributed by atoms with Gasteiger partial charge in [-0.05, 0) is 37.5 Å². The van der Waals surface area contributed by atoms with E-state index in [0.717, 1.165) is 73.8 Å². The lowest BCUT2D eigenvalue weighted by Crippen LogP contribution is -2.36. The first-order valence-corrected chi connectivity index (χ1v) is 10.2. The van der Waals surface area contributed by atoms with Crippen LogP contribution in [0.15, 0.2) is 30.6 Å². The molecule has 2 aromatic heterocycles. The maximum Gasteiger partial charge on any atom is 0.290 e. The number of aliphatic hydroxyl groups is 1. The van der Waals surface area contributed by atoms with Crippen LogP contribution in [-0.2, 0) is 11.2 Å². The van der Waals surface area contributed by atoms with E-state index in [1.54, 1.807) is 6.33 Å². The first-order chi connectivity index (χ1) is 14.6. The molecule has 3 aromatic rings. The molecule has 3 heterocycles. The number of carboxylic acid groups (broad SMARTS) is 1. The summed E-state index contributed by atoms with van der Waals surface area (Å²) in [5.41, 5.74) is 1.91. The lowest BCUT2D eigenvalue weighted by atomic mass is 10.1. The van der Waals surface area contributed by atoms with Gasteiger partial charge in [-0.25, -0.2) is 15.0 Å². The summed E-state index contributed by atoms with van der Waals surface area (Å²) < 4.78 is 0. The molecule has 4 N–H and O–H groups in total. The minimum atomic E-state index is -0.250. The molecule has 10 heteroatoms. The van der Waals surface area contributed by atoms with E-state index in [1.807, 2.05) is 24.3 Å². The Bertz CT molecular complexity index is 959. The van der Waals surface area contributed by atoms with Crippen LogP contribution >= 0.6 is 11.6 Å². The molecule has 1 aromatic carbocycles. The molecule has 30 heavy (non-hydrogen) atoms. The van der Waals surface area contributed by atoms with Gasteiger partial charge in [0.25, 0.3) is 6.47 Å². The van der Waals surface area contributed by atoms with Crippen LogP contribution in [-0.4, -0.2) is 62.4 Å². The van der Waals surface area contributed by atoms with Crippen LogP contribution in [0.5, 0.6) is 0 Å². The summed E-state index contributed by atoms with van der Waals surface area (Å²) in [6, 6.07) is 7.65. The highest BCUT2D eigenvalue weighted by Crippen LogP contribution is 2.20. The van der Waals surface area contributed by atoms with Gasteiger partial charge in [0, 0.05) is 37.1 Å². The topological polar surface area (TPSA) is 127 Å². The number of benzene rings is 1. The zero-order valence-corrected chi connectivity index (χ0v) is 17.2. The Morgan fingerprint density at radius 2 is 2.03 bits per heavy atom. The van der Waals surface area contributed by atoms with Crippen molar-refractivity contribution in [2.45, 2.75) is 31.8 Å². The number of anilines is 2. The molecular formula is C20H25ClN6O3. The van der Waals surface area contributed by atoms with Gasteiger partial charge < -0.3 is 25.4 Å². The molecule has 0 aliphatic carbocycles. The molecule has 1 aliphatic heterocycles. The van der Waals surface area contributed by atoms with Crippen LogP contribution < -0.4 is 10.2 Å². The van der Waals surface area contributed by atoms with Crippen LogP contribution in [0, 0.1) is 0 Å².